The van der Waals surface area contributed by atoms with Crippen molar-refractivity contribution in [2.24, 2.45) is 5.73 Å². The van der Waals surface area contributed by atoms with Crippen LogP contribution in [0.5, 0.6) is 17.2 Å². The van der Waals surface area contributed by atoms with E-state index in [0.717, 1.165) is 18.4 Å². The summed E-state index contributed by atoms with van der Waals surface area (Å²) < 4.78 is 0. The molecule has 0 aliphatic carbocycles. The number of aliphatic carboxylic acids is 1. The van der Waals surface area contributed by atoms with E-state index < -0.39 is 17.6 Å². The number of amides is 1. The molecule has 0 fully saturated rings. The van der Waals surface area contributed by atoms with Gasteiger partial charge in [-0.1, -0.05) is 11.6 Å². The minimum Gasteiger partial charge on any atom is -0.506 e. The van der Waals surface area contributed by atoms with E-state index in [2.05, 4.69) is 0 Å². The quantitative estimate of drug-likeness (QED) is 0.271. The zero-order valence-corrected chi connectivity index (χ0v) is 13.9. The minimum atomic E-state index is -1.16. The first-order chi connectivity index (χ1) is 12.1. The average molecular weight is 379 g/mol. The van der Waals surface area contributed by atoms with Gasteiger partial charge in [0.05, 0.1) is 5.02 Å². The van der Waals surface area contributed by atoms with Crippen molar-refractivity contribution in [2.45, 2.75) is 0 Å². The first kappa shape index (κ1) is 20.5. The number of phenolic OH excluding ortho intramolecular Hbond substituents is 3. The lowest BCUT2D eigenvalue weighted by Crippen LogP contribution is -2.10. The number of rotatable bonds is 4. The number of carboxylic acid groups (broad SMARTS) is 1. The third-order valence-electron chi connectivity index (χ3n) is 2.95. The zero-order chi connectivity index (χ0) is 19.9. The molecule has 0 aromatic heterocycles. The van der Waals surface area contributed by atoms with Gasteiger partial charge in [-0.05, 0) is 42.0 Å². The zero-order valence-electron chi connectivity index (χ0n) is 13.2. The molecule has 0 radical (unpaired) electrons. The summed E-state index contributed by atoms with van der Waals surface area (Å²) in [5.41, 5.74) is 5.76. The molecule has 0 unspecified atom stereocenters. The van der Waals surface area contributed by atoms with Crippen molar-refractivity contribution >= 4 is 35.8 Å². The van der Waals surface area contributed by atoms with Gasteiger partial charge >= 0.3 is 5.97 Å². The second-order valence-electron chi connectivity index (χ2n) is 4.82. The maximum Gasteiger partial charge on any atom is 0.328 e. The molecule has 0 saturated heterocycles. The molecule has 2 aromatic carbocycles. The summed E-state index contributed by atoms with van der Waals surface area (Å²) in [5, 5.41) is 43.0. The molecule has 9 heteroatoms. The Kier molecular flexibility index (Phi) is 7.18. The SMILES string of the molecule is N=Cc1cc(O)c(O)c(/C=C/C(=O)O)c1.NC(=O)c1ccc(O)c(Cl)c1. The highest BCUT2D eigenvalue weighted by molar-refractivity contribution is 6.32. The van der Waals surface area contributed by atoms with Crippen LogP contribution < -0.4 is 5.73 Å². The van der Waals surface area contributed by atoms with Gasteiger partial charge in [0, 0.05) is 23.4 Å². The fraction of sp³-hybridized carbons (Fsp3) is 0. The highest BCUT2D eigenvalue weighted by Gasteiger charge is 2.06. The van der Waals surface area contributed by atoms with E-state index in [1.807, 2.05) is 0 Å². The Labute approximate surface area is 152 Å². The number of hydrogen-bond acceptors (Lipinski definition) is 6. The van der Waals surface area contributed by atoms with Crippen LogP contribution in [0.15, 0.2) is 36.4 Å². The molecule has 2 aromatic rings. The molecule has 1 amide bonds. The van der Waals surface area contributed by atoms with Crippen LogP contribution in [0, 0.1) is 5.41 Å². The average Bonchev–Trinajstić information content (AvgIpc) is 2.58. The third kappa shape index (κ3) is 5.84. The van der Waals surface area contributed by atoms with Gasteiger partial charge in [-0.25, -0.2) is 4.79 Å². The molecule has 26 heavy (non-hydrogen) atoms. The molecule has 0 aliphatic rings. The van der Waals surface area contributed by atoms with E-state index in [0.29, 0.717) is 5.56 Å². The van der Waals surface area contributed by atoms with Crippen LogP contribution in [0.3, 0.4) is 0 Å². The van der Waals surface area contributed by atoms with Crippen LogP contribution >= 0.6 is 11.6 Å². The van der Waals surface area contributed by atoms with Crippen molar-refractivity contribution in [3.05, 3.63) is 58.1 Å². The van der Waals surface area contributed by atoms with Crippen LogP contribution in [0.4, 0.5) is 0 Å². The topological polar surface area (TPSA) is 165 Å². The Hall–Kier alpha value is -3.52. The van der Waals surface area contributed by atoms with Crippen molar-refractivity contribution in [2.75, 3.05) is 0 Å². The lowest BCUT2D eigenvalue weighted by atomic mass is 10.1. The highest BCUT2D eigenvalue weighted by atomic mass is 35.5. The van der Waals surface area contributed by atoms with Gasteiger partial charge in [0.1, 0.15) is 5.75 Å². The highest BCUT2D eigenvalue weighted by Crippen LogP contribution is 2.30. The second-order valence-corrected chi connectivity index (χ2v) is 5.23. The van der Waals surface area contributed by atoms with Crippen LogP contribution in [-0.2, 0) is 4.79 Å². The summed E-state index contributed by atoms with van der Waals surface area (Å²) in [6.45, 7) is 0. The van der Waals surface area contributed by atoms with Crippen LogP contribution in [0.2, 0.25) is 5.02 Å². The van der Waals surface area contributed by atoms with E-state index in [4.69, 9.17) is 33.0 Å². The van der Waals surface area contributed by atoms with Crippen molar-refractivity contribution < 1.29 is 30.0 Å². The molecule has 0 bridgehead atoms. The molecular weight excluding hydrogens is 364 g/mol. The van der Waals surface area contributed by atoms with Gasteiger partial charge in [0.25, 0.3) is 0 Å². The number of carbonyl (C=O) groups is 2. The third-order valence-corrected chi connectivity index (χ3v) is 3.25. The summed E-state index contributed by atoms with van der Waals surface area (Å²) in [6.07, 6.45) is 2.96. The molecule has 0 heterocycles. The molecule has 2 rings (SSSR count). The van der Waals surface area contributed by atoms with Crippen molar-refractivity contribution in [3.8, 4) is 17.2 Å². The summed E-state index contributed by atoms with van der Waals surface area (Å²) in [7, 11) is 0. The second kappa shape index (κ2) is 9.09. The predicted octanol–water partition coefficient (Wildman–Crippen LogP) is 2.34. The summed E-state index contributed by atoms with van der Waals surface area (Å²) >= 11 is 5.50. The number of primary amides is 1. The molecule has 136 valence electrons. The van der Waals surface area contributed by atoms with Gasteiger partial charge in [0.15, 0.2) is 11.5 Å². The number of nitrogens with two attached hydrogens (primary N) is 1. The molecule has 8 nitrogen and oxygen atoms in total. The fourth-order valence-corrected chi connectivity index (χ4v) is 1.88. The molecule has 7 N–H and O–H groups in total. The Morgan fingerprint density at radius 3 is 2.23 bits per heavy atom. The smallest absolute Gasteiger partial charge is 0.328 e. The van der Waals surface area contributed by atoms with Crippen LogP contribution in [0.1, 0.15) is 21.5 Å². The van der Waals surface area contributed by atoms with E-state index in [1.165, 1.54) is 30.3 Å². The van der Waals surface area contributed by atoms with E-state index in [-0.39, 0.29) is 27.6 Å². The molecular formula is C17H15ClN2O6. The molecule has 0 atom stereocenters. The number of benzene rings is 2. The summed E-state index contributed by atoms with van der Waals surface area (Å²) in [5.74, 6) is -2.57. The lowest BCUT2D eigenvalue weighted by Gasteiger charge is -2.03. The van der Waals surface area contributed by atoms with Crippen molar-refractivity contribution in [3.63, 3.8) is 0 Å². The Morgan fingerprint density at radius 1 is 1.08 bits per heavy atom. The number of hydrogen-bond donors (Lipinski definition) is 6. The van der Waals surface area contributed by atoms with Gasteiger partial charge in [-0.2, -0.15) is 0 Å². The predicted molar refractivity (Wildman–Crippen MR) is 96.0 cm³/mol. The number of aromatic hydroxyl groups is 3. The van der Waals surface area contributed by atoms with Gasteiger partial charge in [-0.15, -0.1) is 0 Å². The van der Waals surface area contributed by atoms with Gasteiger partial charge in [-0.3, -0.25) is 4.79 Å². The number of phenols is 3. The number of carboxylic acids is 1. The van der Waals surface area contributed by atoms with Gasteiger partial charge < -0.3 is 31.6 Å². The fourth-order valence-electron chi connectivity index (χ4n) is 1.70. The molecule has 0 saturated carbocycles. The molecule has 0 aliphatic heterocycles. The largest absolute Gasteiger partial charge is 0.506 e. The van der Waals surface area contributed by atoms with E-state index in [9.17, 15) is 19.8 Å². The monoisotopic (exact) mass is 378 g/mol. The first-order valence-corrected chi connectivity index (χ1v) is 7.29. The van der Waals surface area contributed by atoms with Gasteiger partial charge in [0.2, 0.25) is 5.91 Å². The maximum absolute atomic E-state index is 10.5. The van der Waals surface area contributed by atoms with E-state index >= 15 is 0 Å². The van der Waals surface area contributed by atoms with Crippen molar-refractivity contribution in [1.82, 2.24) is 0 Å². The maximum atomic E-state index is 10.5. The molecule has 0 spiro atoms. The Balaban J connectivity index is 0.000000273. The van der Waals surface area contributed by atoms with Crippen molar-refractivity contribution in [1.29, 1.82) is 5.41 Å². The Bertz CT molecular complexity index is 880. The van der Waals surface area contributed by atoms with Crippen LogP contribution in [-0.4, -0.2) is 38.5 Å². The first-order valence-electron chi connectivity index (χ1n) is 6.91. The lowest BCUT2D eigenvalue weighted by molar-refractivity contribution is -0.131. The number of halogens is 1. The minimum absolute atomic E-state index is 0.0586. The Morgan fingerprint density at radius 2 is 1.73 bits per heavy atom. The summed E-state index contributed by atoms with van der Waals surface area (Å²) in [4.78, 5) is 20.8. The van der Waals surface area contributed by atoms with E-state index in [1.54, 1.807) is 0 Å². The summed E-state index contributed by atoms with van der Waals surface area (Å²) in [6, 6.07) is 6.65. The number of carbonyl (C=O) groups excluding carboxylic acids is 1. The normalized spacial score (nSPS) is 10.0. The number of nitrogens with one attached hydrogen (secondary N) is 1. The van der Waals surface area contributed by atoms with Crippen LogP contribution in [0.25, 0.3) is 6.08 Å². The standard InChI is InChI=1S/C10H9NO4.C7H6ClNO2/c11-5-6-3-7(1-2-9(13)14)10(15)8(12)4-6;8-5-3-4(7(9)11)1-2-6(5)10/h1-5,11-12,15H,(H,13,14);1-3,10H,(H2,9,11)/b2-1+,11-5?;.